The van der Waals surface area contributed by atoms with Crippen LogP contribution in [0.2, 0.25) is 0 Å². The van der Waals surface area contributed by atoms with Gasteiger partial charge in [0.1, 0.15) is 5.82 Å². The minimum Gasteiger partial charge on any atom is -0.340 e. The van der Waals surface area contributed by atoms with Gasteiger partial charge in [0.25, 0.3) is 5.91 Å². The maximum atomic E-state index is 14.0. The normalized spacial score (nSPS) is 15.5. The Kier molecular flexibility index (Phi) is 6.34. The fraction of sp³-hybridized carbons (Fsp3) is 0.429. The molecule has 3 rings (SSSR count). The van der Waals surface area contributed by atoms with E-state index in [1.807, 2.05) is 13.1 Å². The lowest BCUT2D eigenvalue weighted by atomic mass is 10.0. The number of hydrogen-bond donors (Lipinski definition) is 0. The van der Waals surface area contributed by atoms with Crippen LogP contribution in [0, 0.1) is 5.82 Å². The second kappa shape index (κ2) is 8.90. The van der Waals surface area contributed by atoms with Gasteiger partial charge in [0, 0.05) is 37.5 Å². The molecular weight excluding hydrogens is 329 g/mol. The van der Waals surface area contributed by atoms with Crippen molar-refractivity contribution in [3.05, 3.63) is 54.1 Å². The molecule has 1 aromatic heterocycles. The van der Waals surface area contributed by atoms with Crippen LogP contribution in [0.3, 0.4) is 0 Å². The summed E-state index contributed by atoms with van der Waals surface area (Å²) in [5.41, 5.74) is 1.73. The van der Waals surface area contributed by atoms with E-state index in [1.165, 1.54) is 31.9 Å². The molecule has 1 saturated heterocycles. The lowest BCUT2D eigenvalue weighted by Gasteiger charge is -2.24. The van der Waals surface area contributed by atoms with Gasteiger partial charge in [0.15, 0.2) is 0 Å². The lowest BCUT2D eigenvalue weighted by molar-refractivity contribution is 0.0778. The van der Waals surface area contributed by atoms with Crippen LogP contribution in [0.5, 0.6) is 0 Å². The van der Waals surface area contributed by atoms with E-state index in [0.29, 0.717) is 23.2 Å². The number of amides is 1. The summed E-state index contributed by atoms with van der Waals surface area (Å²) < 4.78 is 14.0. The Labute approximate surface area is 154 Å². The Morgan fingerprint density at radius 3 is 2.69 bits per heavy atom. The fourth-order valence-corrected chi connectivity index (χ4v) is 3.40. The van der Waals surface area contributed by atoms with Gasteiger partial charge in [-0.15, -0.1) is 0 Å². The molecule has 0 bridgehead atoms. The number of nitrogens with zero attached hydrogens (tertiary/aromatic N) is 3. The lowest BCUT2D eigenvalue weighted by Crippen LogP contribution is -2.36. The van der Waals surface area contributed by atoms with Gasteiger partial charge in [-0.2, -0.15) is 0 Å². The molecule has 1 aliphatic rings. The van der Waals surface area contributed by atoms with Crippen LogP contribution in [0.1, 0.15) is 36.0 Å². The van der Waals surface area contributed by atoms with Gasteiger partial charge in [-0.25, -0.2) is 4.39 Å². The van der Waals surface area contributed by atoms with E-state index in [0.717, 1.165) is 19.6 Å². The third kappa shape index (κ3) is 4.67. The van der Waals surface area contributed by atoms with Crippen molar-refractivity contribution in [2.75, 3.05) is 33.2 Å². The summed E-state index contributed by atoms with van der Waals surface area (Å²) in [5, 5.41) is 0. The molecule has 4 nitrogen and oxygen atoms in total. The van der Waals surface area contributed by atoms with Gasteiger partial charge in [-0.1, -0.05) is 25.0 Å². The van der Waals surface area contributed by atoms with Gasteiger partial charge in [-0.05, 0) is 49.7 Å². The van der Waals surface area contributed by atoms with Crippen LogP contribution in [0.25, 0.3) is 11.1 Å². The monoisotopic (exact) mass is 355 g/mol. The number of hydrogen-bond acceptors (Lipinski definition) is 3. The minimum atomic E-state index is -0.383. The molecule has 26 heavy (non-hydrogen) atoms. The highest BCUT2D eigenvalue weighted by molar-refractivity contribution is 5.95. The molecule has 0 unspecified atom stereocenters. The molecule has 5 heteroatoms. The van der Waals surface area contributed by atoms with E-state index in [2.05, 4.69) is 9.88 Å². The van der Waals surface area contributed by atoms with Crippen molar-refractivity contribution >= 4 is 5.91 Å². The van der Waals surface area contributed by atoms with Crippen molar-refractivity contribution in [1.29, 1.82) is 0 Å². The second-order valence-corrected chi connectivity index (χ2v) is 6.92. The maximum absolute atomic E-state index is 14.0. The molecule has 138 valence electrons. The van der Waals surface area contributed by atoms with Gasteiger partial charge >= 0.3 is 0 Å². The molecule has 1 aliphatic heterocycles. The number of carbonyl (C=O) groups excluding carboxylic acids is 1. The van der Waals surface area contributed by atoms with Crippen LogP contribution in [-0.4, -0.2) is 53.9 Å². The van der Waals surface area contributed by atoms with E-state index in [4.69, 9.17) is 0 Å². The first-order chi connectivity index (χ1) is 12.6. The maximum Gasteiger partial charge on any atom is 0.253 e. The molecule has 0 saturated carbocycles. The molecule has 1 aromatic carbocycles. The van der Waals surface area contributed by atoms with Crippen molar-refractivity contribution in [2.24, 2.45) is 0 Å². The molecule has 1 fully saturated rings. The van der Waals surface area contributed by atoms with Crippen LogP contribution in [0.4, 0.5) is 4.39 Å². The van der Waals surface area contributed by atoms with E-state index in [-0.39, 0.29) is 11.7 Å². The molecule has 2 heterocycles. The number of halogens is 1. The largest absolute Gasteiger partial charge is 0.340 e. The first-order valence-electron chi connectivity index (χ1n) is 9.33. The van der Waals surface area contributed by atoms with Crippen LogP contribution in [-0.2, 0) is 0 Å². The smallest absolute Gasteiger partial charge is 0.253 e. The van der Waals surface area contributed by atoms with Crippen LogP contribution >= 0.6 is 0 Å². The molecule has 0 radical (unpaired) electrons. The molecule has 0 atom stereocenters. The Bertz CT molecular complexity index is 742. The summed E-state index contributed by atoms with van der Waals surface area (Å²) >= 11 is 0. The summed E-state index contributed by atoms with van der Waals surface area (Å²) in [6, 6.07) is 8.77. The van der Waals surface area contributed by atoms with E-state index in [9.17, 15) is 9.18 Å². The highest BCUT2D eigenvalue weighted by Crippen LogP contribution is 2.23. The van der Waals surface area contributed by atoms with Crippen molar-refractivity contribution in [3.8, 4) is 11.1 Å². The van der Waals surface area contributed by atoms with Crippen molar-refractivity contribution in [3.63, 3.8) is 0 Å². The van der Waals surface area contributed by atoms with Crippen molar-refractivity contribution in [1.82, 2.24) is 14.8 Å². The Balaban J connectivity index is 1.65. The predicted molar refractivity (Wildman–Crippen MR) is 101 cm³/mol. The molecule has 0 aliphatic carbocycles. The summed E-state index contributed by atoms with van der Waals surface area (Å²) in [7, 11) is 1.83. The van der Waals surface area contributed by atoms with Crippen LogP contribution < -0.4 is 0 Å². The minimum absolute atomic E-state index is 0.0314. The summed E-state index contributed by atoms with van der Waals surface area (Å²) in [6.07, 6.45) is 7.86. The van der Waals surface area contributed by atoms with Gasteiger partial charge in [-0.3, -0.25) is 9.78 Å². The second-order valence-electron chi connectivity index (χ2n) is 6.92. The molecule has 0 N–H and O–H groups in total. The Morgan fingerprint density at radius 1 is 1.19 bits per heavy atom. The number of aromatic nitrogens is 1. The standard InChI is InChI=1S/C21H26FN3O/c1-24(13-14-25-11-4-2-3-5-12-25)21(26)18-8-6-7-17(15-18)19-9-10-23-16-20(19)22/h6-10,15-16H,2-5,11-14H2,1H3. The number of rotatable bonds is 5. The number of likely N-dealkylation sites (tertiary alicyclic amines) is 1. The van der Waals surface area contributed by atoms with E-state index < -0.39 is 0 Å². The zero-order valence-corrected chi connectivity index (χ0v) is 15.3. The zero-order valence-electron chi connectivity index (χ0n) is 15.3. The van der Waals surface area contributed by atoms with E-state index >= 15 is 0 Å². The SMILES string of the molecule is CN(CCN1CCCCCC1)C(=O)c1cccc(-c2ccncc2F)c1. The predicted octanol–water partition coefficient (Wildman–Crippen LogP) is 3.84. The first-order valence-corrected chi connectivity index (χ1v) is 9.33. The van der Waals surface area contributed by atoms with Crippen molar-refractivity contribution < 1.29 is 9.18 Å². The van der Waals surface area contributed by atoms with Crippen molar-refractivity contribution in [2.45, 2.75) is 25.7 Å². The first kappa shape index (κ1) is 18.5. The number of carbonyl (C=O) groups is 1. The highest BCUT2D eigenvalue weighted by Gasteiger charge is 2.15. The fourth-order valence-electron chi connectivity index (χ4n) is 3.40. The molecule has 1 amide bonds. The van der Waals surface area contributed by atoms with E-state index in [1.54, 1.807) is 35.4 Å². The summed E-state index contributed by atoms with van der Waals surface area (Å²) in [6.45, 7) is 3.85. The highest BCUT2D eigenvalue weighted by atomic mass is 19.1. The number of benzene rings is 1. The Hall–Kier alpha value is -2.27. The average molecular weight is 355 g/mol. The summed E-state index contributed by atoms with van der Waals surface area (Å²) in [5.74, 6) is -0.414. The third-order valence-corrected chi connectivity index (χ3v) is 4.99. The van der Waals surface area contributed by atoms with Gasteiger partial charge < -0.3 is 9.80 Å². The summed E-state index contributed by atoms with van der Waals surface area (Å²) in [4.78, 5) is 20.7. The van der Waals surface area contributed by atoms with Gasteiger partial charge in [0.2, 0.25) is 0 Å². The zero-order chi connectivity index (χ0) is 18.4. The topological polar surface area (TPSA) is 36.4 Å². The third-order valence-electron chi connectivity index (χ3n) is 4.99. The number of likely N-dealkylation sites (N-methyl/N-ethyl adjacent to an activating group) is 1. The Morgan fingerprint density at radius 2 is 1.96 bits per heavy atom. The quantitative estimate of drug-likeness (QED) is 0.818. The average Bonchev–Trinajstić information content (AvgIpc) is 2.95. The van der Waals surface area contributed by atoms with Crippen LogP contribution in [0.15, 0.2) is 42.7 Å². The molecule has 0 spiro atoms. The molecular formula is C21H26FN3O. The molecule has 2 aromatic rings. The number of pyridine rings is 1. The van der Waals surface area contributed by atoms with Gasteiger partial charge in [0.05, 0.1) is 6.20 Å².